The molecule has 0 atom stereocenters. The number of hydrogen-bond acceptors (Lipinski definition) is 3. The van der Waals surface area contributed by atoms with Gasteiger partial charge in [-0.25, -0.2) is 0 Å². The van der Waals surface area contributed by atoms with Crippen LogP contribution in [0.5, 0.6) is 11.5 Å². The second-order valence-electron chi connectivity index (χ2n) is 6.05. The van der Waals surface area contributed by atoms with Crippen LogP contribution in [0, 0.1) is 0 Å². The fourth-order valence-electron chi connectivity index (χ4n) is 3.71. The highest BCUT2D eigenvalue weighted by Gasteiger charge is 2.23. The van der Waals surface area contributed by atoms with Gasteiger partial charge in [-0.3, -0.25) is 4.98 Å². The van der Waals surface area contributed by atoms with Gasteiger partial charge < -0.3 is 9.15 Å². The average molecular weight is 309 g/mol. The number of hydrogen-bond donors (Lipinski definition) is 0. The minimum absolute atomic E-state index is 0.859. The Hall–Kier alpha value is -3.33. The molecular weight excluding hydrogens is 298 g/mol. The third-order valence-corrected chi connectivity index (χ3v) is 4.75. The summed E-state index contributed by atoms with van der Waals surface area (Å²) in [5.74, 6) is 1.77. The van der Waals surface area contributed by atoms with Gasteiger partial charge in [-0.1, -0.05) is 30.3 Å². The highest BCUT2D eigenvalue weighted by atomic mass is 16.5. The molecule has 0 fully saturated rings. The lowest BCUT2D eigenvalue weighted by Crippen LogP contribution is -1.96. The number of benzene rings is 3. The van der Waals surface area contributed by atoms with Crippen LogP contribution in [-0.2, 0) is 0 Å². The van der Waals surface area contributed by atoms with Gasteiger partial charge in [-0.15, -0.1) is 0 Å². The molecule has 0 saturated carbocycles. The number of furan rings is 1. The molecule has 3 nitrogen and oxygen atoms in total. The van der Waals surface area contributed by atoms with Crippen LogP contribution in [0.4, 0.5) is 0 Å². The third kappa shape index (κ3) is 1.39. The van der Waals surface area contributed by atoms with Crippen molar-refractivity contribution in [1.82, 2.24) is 4.98 Å². The molecule has 0 N–H and O–H groups in total. The molecule has 5 aromatic rings. The van der Waals surface area contributed by atoms with Crippen LogP contribution in [-0.4, -0.2) is 4.98 Å². The van der Waals surface area contributed by atoms with Gasteiger partial charge in [0.1, 0.15) is 22.7 Å². The van der Waals surface area contributed by atoms with Gasteiger partial charge in [0, 0.05) is 39.5 Å². The minimum Gasteiger partial charge on any atom is -0.456 e. The highest BCUT2D eigenvalue weighted by Crippen LogP contribution is 2.49. The van der Waals surface area contributed by atoms with Gasteiger partial charge >= 0.3 is 0 Å². The first kappa shape index (κ1) is 12.1. The van der Waals surface area contributed by atoms with Crippen molar-refractivity contribution in [3.8, 4) is 22.6 Å². The van der Waals surface area contributed by atoms with Gasteiger partial charge in [-0.2, -0.15) is 0 Å². The van der Waals surface area contributed by atoms with Crippen molar-refractivity contribution in [3.05, 3.63) is 67.0 Å². The summed E-state index contributed by atoms with van der Waals surface area (Å²) in [5, 5.41) is 4.32. The van der Waals surface area contributed by atoms with Crippen LogP contribution in [0.15, 0.2) is 71.4 Å². The van der Waals surface area contributed by atoms with Gasteiger partial charge in [0.15, 0.2) is 0 Å². The Morgan fingerprint density at radius 1 is 0.750 bits per heavy atom. The Balaban J connectivity index is 1.91. The van der Waals surface area contributed by atoms with Crippen LogP contribution in [0.25, 0.3) is 43.8 Å². The number of aromatic nitrogens is 1. The molecule has 3 heterocycles. The molecule has 2 aromatic heterocycles. The lowest BCUT2D eigenvalue weighted by atomic mass is 9.93. The first-order chi connectivity index (χ1) is 11.9. The number of fused-ring (bicyclic) bond motifs is 6. The molecule has 112 valence electrons. The monoisotopic (exact) mass is 309 g/mol. The van der Waals surface area contributed by atoms with Crippen molar-refractivity contribution in [1.29, 1.82) is 0 Å². The van der Waals surface area contributed by atoms with E-state index < -0.39 is 0 Å². The van der Waals surface area contributed by atoms with Crippen molar-refractivity contribution in [3.63, 3.8) is 0 Å². The Morgan fingerprint density at radius 2 is 1.67 bits per heavy atom. The first-order valence-electron chi connectivity index (χ1n) is 7.89. The summed E-state index contributed by atoms with van der Waals surface area (Å²) in [7, 11) is 0. The highest BCUT2D eigenvalue weighted by molar-refractivity contribution is 6.21. The molecule has 0 aliphatic carbocycles. The van der Waals surface area contributed by atoms with Crippen LogP contribution in [0.2, 0.25) is 0 Å². The largest absolute Gasteiger partial charge is 0.456 e. The summed E-state index contributed by atoms with van der Waals surface area (Å²) in [6.45, 7) is 0. The molecule has 0 saturated heterocycles. The van der Waals surface area contributed by atoms with E-state index in [1.54, 1.807) is 6.20 Å². The van der Waals surface area contributed by atoms with Crippen molar-refractivity contribution in [2.45, 2.75) is 0 Å². The molecule has 0 radical (unpaired) electrons. The van der Waals surface area contributed by atoms with Crippen LogP contribution in [0.1, 0.15) is 0 Å². The second kappa shape index (κ2) is 4.15. The van der Waals surface area contributed by atoms with Gasteiger partial charge in [-0.05, 0) is 29.8 Å². The number of pyridine rings is 1. The van der Waals surface area contributed by atoms with E-state index in [0.29, 0.717) is 0 Å². The lowest BCUT2D eigenvalue weighted by molar-refractivity contribution is 0.487. The Morgan fingerprint density at radius 3 is 2.67 bits per heavy atom. The number of rotatable bonds is 0. The topological polar surface area (TPSA) is 35.3 Å². The van der Waals surface area contributed by atoms with Gasteiger partial charge in [0.2, 0.25) is 0 Å². The third-order valence-electron chi connectivity index (χ3n) is 4.75. The van der Waals surface area contributed by atoms with E-state index in [4.69, 9.17) is 9.15 Å². The van der Waals surface area contributed by atoms with E-state index in [9.17, 15) is 0 Å². The maximum atomic E-state index is 6.14. The minimum atomic E-state index is 0.859. The quantitative estimate of drug-likeness (QED) is 0.350. The summed E-state index contributed by atoms with van der Waals surface area (Å²) in [6.07, 6.45) is 3.63. The molecule has 6 rings (SSSR count). The number of para-hydroxylation sites is 1. The molecule has 0 spiro atoms. The molecule has 0 bridgehead atoms. The second-order valence-corrected chi connectivity index (χ2v) is 6.05. The number of ether oxygens (including phenoxy) is 1. The fraction of sp³-hybridized carbons (Fsp3) is 0. The molecule has 3 aromatic carbocycles. The summed E-state index contributed by atoms with van der Waals surface area (Å²) in [4.78, 5) is 4.26. The molecule has 24 heavy (non-hydrogen) atoms. The van der Waals surface area contributed by atoms with E-state index in [1.807, 2.05) is 42.6 Å². The Kier molecular flexibility index (Phi) is 2.10. The molecular formula is C21H11NO2. The van der Waals surface area contributed by atoms with Crippen molar-refractivity contribution in [2.75, 3.05) is 0 Å². The van der Waals surface area contributed by atoms with E-state index in [1.165, 1.54) is 5.56 Å². The van der Waals surface area contributed by atoms with Crippen molar-refractivity contribution >= 4 is 32.7 Å². The molecule has 1 aliphatic heterocycles. The Bertz CT molecular complexity index is 1280. The van der Waals surface area contributed by atoms with E-state index in [-0.39, 0.29) is 0 Å². The summed E-state index contributed by atoms with van der Waals surface area (Å²) in [6, 6.07) is 18.4. The molecule has 1 aliphatic rings. The lowest BCUT2D eigenvalue weighted by Gasteiger charge is -2.21. The Labute approximate surface area is 137 Å². The van der Waals surface area contributed by atoms with Crippen LogP contribution in [0.3, 0.4) is 0 Å². The zero-order chi connectivity index (χ0) is 15.7. The SMILES string of the molecule is c1ccc2c(c1)Oc1cccc3c1c-2cc1c2cnccc2oc31. The normalized spacial score (nSPS) is 12.5. The zero-order valence-electron chi connectivity index (χ0n) is 12.6. The fourth-order valence-corrected chi connectivity index (χ4v) is 3.71. The molecule has 0 amide bonds. The summed E-state index contributed by atoms with van der Waals surface area (Å²) in [5.41, 5.74) is 4.04. The average Bonchev–Trinajstić information content (AvgIpc) is 3.01. The van der Waals surface area contributed by atoms with Crippen LogP contribution < -0.4 is 4.74 Å². The van der Waals surface area contributed by atoms with Crippen LogP contribution >= 0.6 is 0 Å². The van der Waals surface area contributed by atoms with Crippen molar-refractivity contribution < 1.29 is 9.15 Å². The molecule has 0 unspecified atom stereocenters. The van der Waals surface area contributed by atoms with E-state index in [2.05, 4.69) is 23.2 Å². The predicted molar refractivity (Wildman–Crippen MR) is 94.5 cm³/mol. The standard InChI is InChI=1S/C21H11NO2/c1-2-6-17-12(4-1)14-10-15-16-11-22-9-8-18(16)24-21(15)13-5-3-7-19(23-17)20(13)14/h1-11H. The van der Waals surface area contributed by atoms with Gasteiger partial charge in [0.25, 0.3) is 0 Å². The summed E-state index contributed by atoms with van der Waals surface area (Å²) >= 11 is 0. The maximum absolute atomic E-state index is 6.14. The molecule has 3 heteroatoms. The first-order valence-corrected chi connectivity index (χ1v) is 7.89. The van der Waals surface area contributed by atoms with Crippen molar-refractivity contribution in [2.24, 2.45) is 0 Å². The van der Waals surface area contributed by atoms with E-state index >= 15 is 0 Å². The zero-order valence-corrected chi connectivity index (χ0v) is 12.6. The van der Waals surface area contributed by atoms with E-state index in [0.717, 1.165) is 49.8 Å². The van der Waals surface area contributed by atoms with Gasteiger partial charge in [0.05, 0.1) is 0 Å². The smallest absolute Gasteiger partial charge is 0.143 e. The maximum Gasteiger partial charge on any atom is 0.143 e. The number of nitrogens with zero attached hydrogens (tertiary/aromatic N) is 1. The summed E-state index contributed by atoms with van der Waals surface area (Å²) < 4.78 is 12.3. The predicted octanol–water partition coefficient (Wildman–Crippen LogP) is 5.91.